The van der Waals surface area contributed by atoms with Gasteiger partial charge in [-0.2, -0.15) is 0 Å². The van der Waals surface area contributed by atoms with Crippen LogP contribution in [0.2, 0.25) is 0 Å². The van der Waals surface area contributed by atoms with E-state index in [-0.39, 0.29) is 11.9 Å². The van der Waals surface area contributed by atoms with E-state index in [9.17, 15) is 4.39 Å². The van der Waals surface area contributed by atoms with Crippen molar-refractivity contribution in [3.8, 4) is 0 Å². The van der Waals surface area contributed by atoms with Gasteiger partial charge in [-0.15, -0.1) is 0 Å². The Morgan fingerprint density at radius 2 is 2.23 bits per heavy atom. The van der Waals surface area contributed by atoms with Crippen molar-refractivity contribution in [1.82, 2.24) is 0 Å². The van der Waals surface area contributed by atoms with Gasteiger partial charge in [0.05, 0.1) is 12.6 Å². The predicted molar refractivity (Wildman–Crippen MR) is 49.9 cm³/mol. The number of hydrogen-bond acceptors (Lipinski definition) is 2. The van der Waals surface area contributed by atoms with E-state index < -0.39 is 0 Å². The molecule has 0 saturated heterocycles. The van der Waals surface area contributed by atoms with Crippen molar-refractivity contribution in [3.63, 3.8) is 0 Å². The van der Waals surface area contributed by atoms with Crippen molar-refractivity contribution < 1.29 is 9.13 Å². The van der Waals surface area contributed by atoms with Crippen LogP contribution in [0, 0.1) is 12.7 Å². The third kappa shape index (κ3) is 2.26. The molecule has 2 nitrogen and oxygen atoms in total. The van der Waals surface area contributed by atoms with Gasteiger partial charge in [-0.3, -0.25) is 0 Å². The zero-order valence-electron chi connectivity index (χ0n) is 7.88. The fourth-order valence-electron chi connectivity index (χ4n) is 1.30. The quantitative estimate of drug-likeness (QED) is 0.775. The molecule has 0 unspecified atom stereocenters. The van der Waals surface area contributed by atoms with Crippen molar-refractivity contribution in [2.75, 3.05) is 13.7 Å². The molecule has 0 aromatic heterocycles. The Kier molecular flexibility index (Phi) is 3.39. The van der Waals surface area contributed by atoms with Gasteiger partial charge in [0, 0.05) is 7.11 Å². The summed E-state index contributed by atoms with van der Waals surface area (Å²) in [6.45, 7) is 2.13. The van der Waals surface area contributed by atoms with E-state index in [2.05, 4.69) is 0 Å². The fraction of sp³-hybridized carbons (Fsp3) is 0.400. The smallest absolute Gasteiger partial charge is 0.126 e. The average molecular weight is 183 g/mol. The van der Waals surface area contributed by atoms with Crippen molar-refractivity contribution >= 4 is 0 Å². The van der Waals surface area contributed by atoms with E-state index >= 15 is 0 Å². The van der Waals surface area contributed by atoms with Gasteiger partial charge in [-0.1, -0.05) is 12.1 Å². The molecule has 0 fully saturated rings. The predicted octanol–water partition coefficient (Wildman–Crippen LogP) is 1.78. The van der Waals surface area contributed by atoms with Crippen LogP contribution in [-0.2, 0) is 4.74 Å². The highest BCUT2D eigenvalue weighted by Gasteiger charge is 2.10. The minimum atomic E-state index is -0.249. The summed E-state index contributed by atoms with van der Waals surface area (Å²) >= 11 is 0. The van der Waals surface area contributed by atoms with Crippen molar-refractivity contribution in [2.24, 2.45) is 5.73 Å². The summed E-state index contributed by atoms with van der Waals surface area (Å²) in [6.07, 6.45) is 0. The maximum Gasteiger partial charge on any atom is 0.126 e. The van der Waals surface area contributed by atoms with E-state index in [1.54, 1.807) is 20.1 Å². The Labute approximate surface area is 77.5 Å². The minimum absolute atomic E-state index is 0.218. The first-order valence-corrected chi connectivity index (χ1v) is 4.16. The summed E-state index contributed by atoms with van der Waals surface area (Å²) in [6, 6.07) is 4.66. The lowest BCUT2D eigenvalue weighted by Crippen LogP contribution is -2.17. The van der Waals surface area contributed by atoms with Crippen LogP contribution in [0.1, 0.15) is 17.2 Å². The highest BCUT2D eigenvalue weighted by atomic mass is 19.1. The highest BCUT2D eigenvalue weighted by Crippen LogP contribution is 2.18. The summed E-state index contributed by atoms with van der Waals surface area (Å²) in [7, 11) is 1.58. The number of nitrogens with two attached hydrogens (primary N) is 1. The number of halogens is 1. The first-order valence-electron chi connectivity index (χ1n) is 4.16. The second-order valence-electron chi connectivity index (χ2n) is 3.02. The lowest BCUT2D eigenvalue weighted by atomic mass is 10.0. The maximum atomic E-state index is 13.1. The van der Waals surface area contributed by atoms with Crippen molar-refractivity contribution in [1.29, 1.82) is 0 Å². The van der Waals surface area contributed by atoms with Crippen LogP contribution < -0.4 is 5.73 Å². The summed E-state index contributed by atoms with van der Waals surface area (Å²) in [4.78, 5) is 0. The summed E-state index contributed by atoms with van der Waals surface area (Å²) in [5, 5.41) is 0. The Bertz CT molecular complexity index is 288. The highest BCUT2D eigenvalue weighted by molar-refractivity contribution is 5.29. The molecule has 1 rings (SSSR count). The maximum absolute atomic E-state index is 13.1. The molecule has 0 amide bonds. The van der Waals surface area contributed by atoms with Crippen molar-refractivity contribution in [3.05, 3.63) is 35.1 Å². The van der Waals surface area contributed by atoms with Crippen LogP contribution in [-0.4, -0.2) is 13.7 Å². The second kappa shape index (κ2) is 4.35. The molecular formula is C10H14FNO. The number of benzene rings is 1. The third-order valence-corrected chi connectivity index (χ3v) is 2.06. The molecule has 13 heavy (non-hydrogen) atoms. The van der Waals surface area contributed by atoms with E-state index in [1.807, 2.05) is 6.07 Å². The van der Waals surface area contributed by atoms with Crippen LogP contribution in [0.15, 0.2) is 18.2 Å². The summed E-state index contributed by atoms with van der Waals surface area (Å²) < 4.78 is 18.0. The molecule has 0 spiro atoms. The van der Waals surface area contributed by atoms with Crippen molar-refractivity contribution in [2.45, 2.75) is 13.0 Å². The summed E-state index contributed by atoms with van der Waals surface area (Å²) in [5.41, 5.74) is 7.19. The Morgan fingerprint density at radius 3 is 2.85 bits per heavy atom. The molecule has 0 aliphatic heterocycles. The minimum Gasteiger partial charge on any atom is -0.383 e. The number of ether oxygens (including phenoxy) is 1. The molecule has 1 atom stereocenters. The average Bonchev–Trinajstić information content (AvgIpc) is 2.10. The number of methoxy groups -OCH3 is 1. The Morgan fingerprint density at radius 1 is 1.54 bits per heavy atom. The van der Waals surface area contributed by atoms with E-state index in [0.717, 1.165) is 5.56 Å². The molecular weight excluding hydrogens is 169 g/mol. The molecule has 1 aromatic carbocycles. The monoisotopic (exact) mass is 183 g/mol. The molecule has 72 valence electrons. The fourth-order valence-corrected chi connectivity index (χ4v) is 1.30. The molecule has 0 bridgehead atoms. The zero-order chi connectivity index (χ0) is 9.84. The van der Waals surface area contributed by atoms with Crippen LogP contribution in [0.4, 0.5) is 4.39 Å². The topological polar surface area (TPSA) is 35.2 Å². The van der Waals surface area contributed by atoms with Gasteiger partial charge in [0.1, 0.15) is 5.82 Å². The third-order valence-electron chi connectivity index (χ3n) is 2.06. The van der Waals surface area contributed by atoms with E-state index in [0.29, 0.717) is 12.2 Å². The first-order chi connectivity index (χ1) is 6.16. The molecule has 0 aliphatic carbocycles. The standard InChI is InChI=1S/C10H14FNO/c1-7-8(10(12)6-13-2)4-3-5-9(7)11/h3-5,10H,6,12H2,1-2H3/t10-/m1/s1. The summed E-state index contributed by atoms with van der Waals surface area (Å²) in [5.74, 6) is -0.218. The number of rotatable bonds is 3. The van der Waals surface area contributed by atoms with Crippen LogP contribution >= 0.6 is 0 Å². The van der Waals surface area contributed by atoms with Gasteiger partial charge < -0.3 is 10.5 Å². The Balaban J connectivity index is 2.93. The largest absolute Gasteiger partial charge is 0.383 e. The molecule has 0 aliphatic rings. The van der Waals surface area contributed by atoms with Gasteiger partial charge in [0.25, 0.3) is 0 Å². The van der Waals surface area contributed by atoms with Crippen LogP contribution in [0.25, 0.3) is 0 Å². The SMILES string of the molecule is COC[C@@H](N)c1cccc(F)c1C. The molecule has 1 aromatic rings. The van der Waals surface area contributed by atoms with Gasteiger partial charge in [0.2, 0.25) is 0 Å². The lowest BCUT2D eigenvalue weighted by molar-refractivity contribution is 0.180. The van der Waals surface area contributed by atoms with Gasteiger partial charge in [-0.25, -0.2) is 4.39 Å². The molecule has 2 N–H and O–H groups in total. The zero-order valence-corrected chi connectivity index (χ0v) is 7.88. The number of hydrogen-bond donors (Lipinski definition) is 1. The van der Waals surface area contributed by atoms with Gasteiger partial charge in [0.15, 0.2) is 0 Å². The van der Waals surface area contributed by atoms with Gasteiger partial charge >= 0.3 is 0 Å². The van der Waals surface area contributed by atoms with Gasteiger partial charge in [-0.05, 0) is 24.1 Å². The molecule has 0 heterocycles. The van der Waals surface area contributed by atoms with Crippen LogP contribution in [0.3, 0.4) is 0 Å². The molecule has 0 saturated carbocycles. The van der Waals surface area contributed by atoms with E-state index in [4.69, 9.17) is 10.5 Å². The van der Waals surface area contributed by atoms with Crippen LogP contribution in [0.5, 0.6) is 0 Å². The Hall–Kier alpha value is -0.930. The molecule has 0 radical (unpaired) electrons. The first kappa shape index (κ1) is 10.2. The lowest BCUT2D eigenvalue weighted by Gasteiger charge is -2.13. The molecule has 3 heteroatoms. The normalized spacial score (nSPS) is 12.9. The van der Waals surface area contributed by atoms with E-state index in [1.165, 1.54) is 6.07 Å². The second-order valence-corrected chi connectivity index (χ2v) is 3.02.